The number of hydrogen-bond acceptors (Lipinski definition) is 7. The lowest BCUT2D eigenvalue weighted by Gasteiger charge is -2.29. The molecule has 2 atom stereocenters. The molecule has 0 bridgehead atoms. The van der Waals surface area contributed by atoms with Crippen LogP contribution in [0, 0.1) is 6.92 Å². The highest BCUT2D eigenvalue weighted by Gasteiger charge is 2.24. The van der Waals surface area contributed by atoms with E-state index in [1.807, 2.05) is 63.2 Å². The van der Waals surface area contributed by atoms with Crippen molar-refractivity contribution < 1.29 is 18.3 Å². The molecule has 0 saturated carbocycles. The Morgan fingerprint density at radius 2 is 1.80 bits per heavy atom. The number of benzene rings is 2. The number of aliphatic hydroxyl groups excluding tert-OH is 1. The summed E-state index contributed by atoms with van der Waals surface area (Å²) in [6, 6.07) is 15.2. The predicted octanol–water partition coefficient (Wildman–Crippen LogP) is 5.06. The van der Waals surface area contributed by atoms with Crippen molar-refractivity contribution in [2.75, 3.05) is 30.7 Å². The van der Waals surface area contributed by atoms with E-state index >= 15 is 0 Å². The van der Waals surface area contributed by atoms with Gasteiger partial charge in [-0.25, -0.2) is 8.42 Å². The Bertz CT molecular complexity index is 1620. The fraction of sp³-hybridized carbons (Fsp3) is 0.389. The van der Waals surface area contributed by atoms with Gasteiger partial charge in [-0.1, -0.05) is 56.8 Å². The van der Waals surface area contributed by atoms with Gasteiger partial charge < -0.3 is 21.1 Å². The minimum absolute atomic E-state index is 0.0520. The third kappa shape index (κ3) is 9.51. The number of aliphatic hydroxyl groups is 1. The number of nitrogens with zero attached hydrogens (tertiary/aromatic N) is 2. The van der Waals surface area contributed by atoms with Gasteiger partial charge >= 0.3 is 0 Å². The van der Waals surface area contributed by atoms with Crippen molar-refractivity contribution in [3.05, 3.63) is 107 Å². The summed E-state index contributed by atoms with van der Waals surface area (Å²) < 4.78 is 27.6. The van der Waals surface area contributed by atoms with Crippen LogP contribution in [0.5, 0.6) is 0 Å². The summed E-state index contributed by atoms with van der Waals surface area (Å²) in [5.74, 6) is -0.159. The van der Waals surface area contributed by atoms with Crippen LogP contribution in [0.3, 0.4) is 0 Å². The molecule has 0 saturated heterocycles. The normalized spacial score (nSPS) is 13.2. The number of rotatable bonds is 17. The van der Waals surface area contributed by atoms with E-state index in [1.54, 1.807) is 26.4 Å². The third-order valence-electron chi connectivity index (χ3n) is 8.11. The number of sulfonamides is 1. The first-order valence-corrected chi connectivity index (χ1v) is 17.4. The molecule has 0 radical (unpaired) electrons. The molecule has 3 rings (SSSR count). The van der Waals surface area contributed by atoms with Gasteiger partial charge in [0.05, 0.1) is 29.1 Å². The van der Waals surface area contributed by atoms with E-state index in [0.717, 1.165) is 39.8 Å². The maximum atomic E-state index is 13.1. The fourth-order valence-electron chi connectivity index (χ4n) is 5.45. The summed E-state index contributed by atoms with van der Waals surface area (Å²) >= 11 is 0. The molecule has 2 unspecified atom stereocenters. The second kappa shape index (κ2) is 17.1. The lowest BCUT2D eigenvalue weighted by atomic mass is 9.93. The highest BCUT2D eigenvalue weighted by Crippen LogP contribution is 2.34. The lowest BCUT2D eigenvalue weighted by molar-refractivity contribution is 0.0962. The van der Waals surface area contributed by atoms with E-state index < -0.39 is 22.2 Å². The Morgan fingerprint density at radius 3 is 2.43 bits per heavy atom. The highest BCUT2D eigenvalue weighted by atomic mass is 32.2. The predicted molar refractivity (Wildman–Crippen MR) is 189 cm³/mol. The summed E-state index contributed by atoms with van der Waals surface area (Å²) in [5.41, 5.74) is 7.23. The maximum absolute atomic E-state index is 13.1. The van der Waals surface area contributed by atoms with Crippen LogP contribution in [0.15, 0.2) is 73.6 Å². The standard InChI is InChI=1S/C36H49N5O4S/c1-8-16-46(44,45)41(7)34-20-30(19-32(25(34)4)29(9-2)10-3)26(5)40-33(18-27-14-12-11-13-15-27)35(42)24-39-22-28-17-31(23-38-21-28)36(43)37-6/h9,11-15,17,19-21,23,33,35,39-40,42H,5,8,10,16,18,22,24H2,1-4,6-7H3,(H,37,43)/b29-9-. The second-order valence-electron chi connectivity index (χ2n) is 11.4. The van der Waals surface area contributed by atoms with Gasteiger partial charge in [0.15, 0.2) is 0 Å². The molecule has 0 aliphatic heterocycles. The highest BCUT2D eigenvalue weighted by molar-refractivity contribution is 7.92. The lowest BCUT2D eigenvalue weighted by Crippen LogP contribution is -2.45. The molecule has 0 aliphatic carbocycles. The number of amides is 1. The first-order chi connectivity index (χ1) is 21.9. The minimum atomic E-state index is -3.51. The van der Waals surface area contributed by atoms with Crippen LogP contribution in [0.25, 0.3) is 11.3 Å². The SMILES string of the molecule is C=C(NC(Cc1ccccc1)C(O)CNCc1cncc(C(=O)NC)c1)c1cc(/C(=C\C)CC)c(C)c(N(C)S(=O)(=O)CCC)c1. The van der Waals surface area contributed by atoms with Crippen molar-refractivity contribution >= 4 is 32.9 Å². The molecule has 3 aromatic rings. The number of allylic oxidation sites excluding steroid dienone is 2. The summed E-state index contributed by atoms with van der Waals surface area (Å²) in [7, 11) is -0.337. The third-order valence-corrected chi connectivity index (χ3v) is 10.1. The Morgan fingerprint density at radius 1 is 1.09 bits per heavy atom. The zero-order chi connectivity index (χ0) is 33.9. The van der Waals surface area contributed by atoms with Crippen LogP contribution in [0.2, 0.25) is 0 Å². The molecule has 4 N–H and O–H groups in total. The summed E-state index contributed by atoms with van der Waals surface area (Å²) in [4.78, 5) is 16.2. The van der Waals surface area contributed by atoms with Crippen LogP contribution in [0.1, 0.15) is 71.8 Å². The molecule has 2 aromatic carbocycles. The van der Waals surface area contributed by atoms with Crippen molar-refractivity contribution in [1.29, 1.82) is 0 Å². The van der Waals surface area contributed by atoms with Crippen LogP contribution in [0.4, 0.5) is 5.69 Å². The van der Waals surface area contributed by atoms with Gasteiger partial charge in [0.1, 0.15) is 0 Å². The van der Waals surface area contributed by atoms with Gasteiger partial charge in [0, 0.05) is 45.3 Å². The van der Waals surface area contributed by atoms with Gasteiger partial charge in [-0.15, -0.1) is 0 Å². The minimum Gasteiger partial charge on any atom is -0.390 e. The number of carbonyl (C=O) groups excluding carboxylic acids is 1. The van der Waals surface area contributed by atoms with Crippen molar-refractivity contribution in [1.82, 2.24) is 20.9 Å². The van der Waals surface area contributed by atoms with Crippen LogP contribution >= 0.6 is 0 Å². The number of aromatic nitrogens is 1. The van der Waals surface area contributed by atoms with E-state index in [-0.39, 0.29) is 18.2 Å². The number of anilines is 1. The topological polar surface area (TPSA) is 124 Å². The van der Waals surface area contributed by atoms with Crippen molar-refractivity contribution in [3.63, 3.8) is 0 Å². The molecular weight excluding hydrogens is 598 g/mol. The number of pyridine rings is 1. The van der Waals surface area contributed by atoms with E-state index in [0.29, 0.717) is 36.3 Å². The van der Waals surface area contributed by atoms with Gasteiger partial charge in [0.2, 0.25) is 10.0 Å². The molecule has 1 heterocycles. The average molecular weight is 648 g/mol. The summed E-state index contributed by atoms with van der Waals surface area (Å²) in [5, 5.41) is 20.8. The average Bonchev–Trinajstić information content (AvgIpc) is 3.05. The molecule has 10 heteroatoms. The summed E-state index contributed by atoms with van der Waals surface area (Å²) in [6.45, 7) is 12.9. The Balaban J connectivity index is 1.91. The first-order valence-electron chi connectivity index (χ1n) is 15.8. The summed E-state index contributed by atoms with van der Waals surface area (Å²) in [6.07, 6.45) is 6.28. The Kier molecular flexibility index (Phi) is 13.5. The number of nitrogens with one attached hydrogen (secondary N) is 3. The molecule has 0 fully saturated rings. The van der Waals surface area contributed by atoms with Crippen molar-refractivity contribution in [2.24, 2.45) is 0 Å². The van der Waals surface area contributed by atoms with E-state index in [2.05, 4.69) is 40.5 Å². The van der Waals surface area contributed by atoms with E-state index in [9.17, 15) is 18.3 Å². The van der Waals surface area contributed by atoms with Crippen molar-refractivity contribution in [3.8, 4) is 0 Å². The molecule has 248 valence electrons. The van der Waals surface area contributed by atoms with Gasteiger partial charge in [-0.2, -0.15) is 0 Å². The monoisotopic (exact) mass is 647 g/mol. The van der Waals surface area contributed by atoms with E-state index in [1.165, 1.54) is 10.5 Å². The molecule has 46 heavy (non-hydrogen) atoms. The fourth-order valence-corrected chi connectivity index (χ4v) is 6.73. The van der Waals surface area contributed by atoms with Crippen LogP contribution < -0.4 is 20.3 Å². The molecule has 9 nitrogen and oxygen atoms in total. The quantitative estimate of drug-likeness (QED) is 0.162. The number of carbonyl (C=O) groups is 1. The van der Waals surface area contributed by atoms with Crippen LogP contribution in [-0.4, -0.2) is 63.0 Å². The molecule has 0 aliphatic rings. The van der Waals surface area contributed by atoms with E-state index in [4.69, 9.17) is 0 Å². The molecule has 1 aromatic heterocycles. The second-order valence-corrected chi connectivity index (χ2v) is 13.5. The largest absolute Gasteiger partial charge is 0.390 e. The van der Waals surface area contributed by atoms with Gasteiger partial charge in [-0.3, -0.25) is 14.1 Å². The molecule has 0 spiro atoms. The zero-order valence-corrected chi connectivity index (χ0v) is 28.7. The zero-order valence-electron chi connectivity index (χ0n) is 27.9. The van der Waals surface area contributed by atoms with Crippen molar-refractivity contribution in [2.45, 2.75) is 65.6 Å². The number of hydrogen-bond donors (Lipinski definition) is 4. The smallest absolute Gasteiger partial charge is 0.252 e. The Hall–Kier alpha value is -3.99. The van der Waals surface area contributed by atoms with Gasteiger partial charge in [-0.05, 0) is 84.7 Å². The van der Waals surface area contributed by atoms with Crippen LogP contribution in [-0.2, 0) is 23.0 Å². The maximum Gasteiger partial charge on any atom is 0.252 e. The first kappa shape index (κ1) is 36.5. The molecular formula is C36H49N5O4S. The molecule has 1 amide bonds. The Labute approximate surface area is 274 Å². The van der Waals surface area contributed by atoms with Gasteiger partial charge in [0.25, 0.3) is 5.91 Å².